The van der Waals surface area contributed by atoms with E-state index in [-0.39, 0.29) is 5.97 Å². The number of hydrogen-bond donors (Lipinski definition) is 1. The molecule has 0 atom stereocenters. The molecule has 3 rings (SSSR count). The van der Waals surface area contributed by atoms with Crippen molar-refractivity contribution in [1.29, 1.82) is 0 Å². The topological polar surface area (TPSA) is 55.0 Å². The molecule has 2 heterocycles. The van der Waals surface area contributed by atoms with Gasteiger partial charge in [-0.1, -0.05) is 15.9 Å². The lowest BCUT2D eigenvalue weighted by Crippen LogP contribution is -2.04. The van der Waals surface area contributed by atoms with E-state index in [1.807, 2.05) is 11.4 Å². The van der Waals surface area contributed by atoms with Crippen LogP contribution in [0.1, 0.15) is 17.4 Å². The van der Waals surface area contributed by atoms with Crippen LogP contribution in [0.15, 0.2) is 34.1 Å². The number of ether oxygens (including phenoxy) is 1. The third kappa shape index (κ3) is 2.36. The first-order valence-corrected chi connectivity index (χ1v) is 7.76. The molecule has 2 aromatic heterocycles. The summed E-state index contributed by atoms with van der Waals surface area (Å²) in [7, 11) is 0. The molecule has 4 nitrogen and oxygen atoms in total. The normalized spacial score (nSPS) is 10.9. The van der Waals surface area contributed by atoms with Crippen molar-refractivity contribution in [3.05, 3.63) is 39.8 Å². The molecule has 0 aliphatic rings. The number of aromatic amines is 1. The van der Waals surface area contributed by atoms with Gasteiger partial charge in [-0.3, -0.25) is 5.10 Å². The quantitative estimate of drug-likeness (QED) is 0.719. The van der Waals surface area contributed by atoms with Crippen LogP contribution in [0.2, 0.25) is 0 Å². The van der Waals surface area contributed by atoms with Gasteiger partial charge in [0.1, 0.15) is 5.69 Å². The van der Waals surface area contributed by atoms with Crippen LogP contribution in [-0.4, -0.2) is 22.8 Å². The van der Waals surface area contributed by atoms with Crippen molar-refractivity contribution in [3.8, 4) is 11.3 Å². The number of hydrogen-bond acceptors (Lipinski definition) is 4. The zero-order valence-corrected chi connectivity index (χ0v) is 13.0. The van der Waals surface area contributed by atoms with Crippen molar-refractivity contribution in [2.75, 3.05) is 6.61 Å². The van der Waals surface area contributed by atoms with Crippen LogP contribution in [0.3, 0.4) is 0 Å². The first kappa shape index (κ1) is 13.3. The number of carbonyl (C=O) groups is 1. The summed E-state index contributed by atoms with van der Waals surface area (Å²) in [5.74, 6) is -0.382. The largest absolute Gasteiger partial charge is 0.461 e. The van der Waals surface area contributed by atoms with E-state index >= 15 is 0 Å². The fourth-order valence-corrected chi connectivity index (χ4v) is 3.27. The zero-order valence-electron chi connectivity index (χ0n) is 10.6. The van der Waals surface area contributed by atoms with E-state index in [2.05, 4.69) is 38.3 Å². The number of aromatic nitrogens is 2. The maximum Gasteiger partial charge on any atom is 0.356 e. The van der Waals surface area contributed by atoms with Crippen LogP contribution >= 0.6 is 27.3 Å². The molecule has 0 bridgehead atoms. The second-order valence-electron chi connectivity index (χ2n) is 4.18. The molecule has 0 fully saturated rings. The van der Waals surface area contributed by atoms with Crippen molar-refractivity contribution in [1.82, 2.24) is 10.2 Å². The molecule has 102 valence electrons. The number of H-pyrrole nitrogens is 1. The van der Waals surface area contributed by atoms with Crippen LogP contribution < -0.4 is 0 Å². The van der Waals surface area contributed by atoms with Gasteiger partial charge < -0.3 is 4.74 Å². The van der Waals surface area contributed by atoms with Gasteiger partial charge in [-0.25, -0.2) is 4.79 Å². The van der Waals surface area contributed by atoms with E-state index in [4.69, 9.17) is 4.74 Å². The zero-order chi connectivity index (χ0) is 14.1. The van der Waals surface area contributed by atoms with Gasteiger partial charge >= 0.3 is 5.97 Å². The molecule has 0 radical (unpaired) electrons. The molecule has 0 unspecified atom stereocenters. The van der Waals surface area contributed by atoms with E-state index in [0.29, 0.717) is 12.3 Å². The predicted octanol–water partition coefficient (Wildman–Crippen LogP) is 4.23. The minimum atomic E-state index is -0.382. The molecule has 0 amide bonds. The van der Waals surface area contributed by atoms with Crippen molar-refractivity contribution < 1.29 is 9.53 Å². The van der Waals surface area contributed by atoms with E-state index in [1.54, 1.807) is 24.3 Å². The number of esters is 1. The van der Waals surface area contributed by atoms with E-state index in [9.17, 15) is 4.79 Å². The van der Waals surface area contributed by atoms with Crippen molar-refractivity contribution in [3.63, 3.8) is 0 Å². The molecule has 1 aromatic carbocycles. The average molecular weight is 351 g/mol. The van der Waals surface area contributed by atoms with Gasteiger partial charge in [0.2, 0.25) is 0 Å². The van der Waals surface area contributed by atoms with Gasteiger partial charge in [-0.05, 0) is 31.2 Å². The maximum atomic E-state index is 11.6. The third-order valence-electron chi connectivity index (χ3n) is 2.88. The monoisotopic (exact) mass is 350 g/mol. The highest BCUT2D eigenvalue weighted by atomic mass is 79.9. The van der Waals surface area contributed by atoms with Gasteiger partial charge in [-0.15, -0.1) is 11.3 Å². The van der Waals surface area contributed by atoms with Gasteiger partial charge in [0.05, 0.1) is 12.3 Å². The first-order chi connectivity index (χ1) is 9.69. The maximum absolute atomic E-state index is 11.6. The number of carbonyl (C=O) groups excluding carboxylic acids is 1. The van der Waals surface area contributed by atoms with Crippen LogP contribution in [0, 0.1) is 0 Å². The van der Waals surface area contributed by atoms with Crippen molar-refractivity contribution >= 4 is 43.3 Å². The molecule has 0 saturated carbocycles. The number of benzene rings is 1. The minimum absolute atomic E-state index is 0.349. The number of halogens is 1. The Labute approximate surface area is 127 Å². The average Bonchev–Trinajstić information content (AvgIpc) is 3.04. The summed E-state index contributed by atoms with van der Waals surface area (Å²) in [5.41, 5.74) is 2.13. The van der Waals surface area contributed by atoms with E-state index in [0.717, 1.165) is 21.1 Å². The van der Waals surface area contributed by atoms with Gasteiger partial charge in [0, 0.05) is 25.5 Å². The fourth-order valence-electron chi connectivity index (χ4n) is 1.97. The smallest absolute Gasteiger partial charge is 0.356 e. The molecule has 3 aromatic rings. The van der Waals surface area contributed by atoms with E-state index < -0.39 is 0 Å². The van der Waals surface area contributed by atoms with E-state index in [1.165, 1.54) is 4.70 Å². The summed E-state index contributed by atoms with van der Waals surface area (Å²) in [4.78, 5) is 11.6. The lowest BCUT2D eigenvalue weighted by Gasteiger charge is -1.96. The molecule has 0 aliphatic carbocycles. The molecular weight excluding hydrogens is 340 g/mol. The lowest BCUT2D eigenvalue weighted by atomic mass is 10.1. The second-order valence-corrected chi connectivity index (χ2v) is 6.00. The highest BCUT2D eigenvalue weighted by Crippen LogP contribution is 2.34. The Morgan fingerprint density at radius 3 is 3.10 bits per heavy atom. The summed E-state index contributed by atoms with van der Waals surface area (Å²) < 4.78 is 7.15. The second kappa shape index (κ2) is 5.38. The van der Waals surface area contributed by atoms with Crippen molar-refractivity contribution in [2.24, 2.45) is 0 Å². The SMILES string of the molecule is CCOC(=O)c1cc(-c2csc3ccc(Br)cc23)n[nH]1. The Hall–Kier alpha value is -1.66. The van der Waals surface area contributed by atoms with Crippen molar-refractivity contribution in [2.45, 2.75) is 6.92 Å². The number of rotatable bonds is 3. The molecular formula is C14H11BrN2O2S. The fraction of sp³-hybridized carbons (Fsp3) is 0.143. The lowest BCUT2D eigenvalue weighted by molar-refractivity contribution is 0.0519. The molecule has 1 N–H and O–H groups in total. The third-order valence-corrected chi connectivity index (χ3v) is 4.34. The summed E-state index contributed by atoms with van der Waals surface area (Å²) in [6.07, 6.45) is 0. The highest BCUT2D eigenvalue weighted by Gasteiger charge is 2.14. The minimum Gasteiger partial charge on any atom is -0.461 e. The van der Waals surface area contributed by atoms with Gasteiger partial charge in [0.25, 0.3) is 0 Å². The number of nitrogens with zero attached hydrogens (tertiary/aromatic N) is 1. The van der Waals surface area contributed by atoms with Crippen LogP contribution in [0.5, 0.6) is 0 Å². The van der Waals surface area contributed by atoms with Crippen LogP contribution in [-0.2, 0) is 4.74 Å². The van der Waals surface area contributed by atoms with Gasteiger partial charge in [-0.2, -0.15) is 5.10 Å². The molecule has 0 saturated heterocycles. The molecule has 0 spiro atoms. The molecule has 20 heavy (non-hydrogen) atoms. The number of nitrogens with one attached hydrogen (secondary N) is 1. The Morgan fingerprint density at radius 2 is 2.30 bits per heavy atom. The van der Waals surface area contributed by atoms with Crippen LogP contribution in [0.25, 0.3) is 21.3 Å². The Kier molecular flexibility index (Phi) is 3.58. The molecule has 6 heteroatoms. The number of thiophene rings is 1. The Bertz CT molecular complexity index is 778. The molecule has 0 aliphatic heterocycles. The predicted molar refractivity (Wildman–Crippen MR) is 83.1 cm³/mol. The standard InChI is InChI=1S/C14H11BrN2O2S/c1-2-19-14(18)12-6-11(16-17-12)10-7-20-13-4-3-8(15)5-9(10)13/h3-7H,2H2,1H3,(H,16,17). The number of fused-ring (bicyclic) bond motifs is 1. The summed E-state index contributed by atoms with van der Waals surface area (Å²) in [5, 5.41) is 10.1. The highest BCUT2D eigenvalue weighted by molar-refractivity contribution is 9.10. The Morgan fingerprint density at radius 1 is 1.45 bits per heavy atom. The van der Waals surface area contributed by atoms with Crippen LogP contribution in [0.4, 0.5) is 0 Å². The summed E-state index contributed by atoms with van der Waals surface area (Å²) in [6.45, 7) is 2.13. The summed E-state index contributed by atoms with van der Waals surface area (Å²) in [6, 6.07) is 7.85. The van der Waals surface area contributed by atoms with Gasteiger partial charge in [0.15, 0.2) is 0 Å². The Balaban J connectivity index is 2.03. The summed E-state index contributed by atoms with van der Waals surface area (Å²) >= 11 is 5.13. The first-order valence-electron chi connectivity index (χ1n) is 6.08.